The smallest absolute Gasteiger partial charge is 0.122 e. The third-order valence-corrected chi connectivity index (χ3v) is 4.41. The van der Waals surface area contributed by atoms with Gasteiger partial charge in [-0.25, -0.2) is 4.98 Å². The third-order valence-electron chi connectivity index (χ3n) is 3.27. The molecule has 1 aromatic heterocycles. The summed E-state index contributed by atoms with van der Waals surface area (Å²) in [5.74, 6) is 0. The third kappa shape index (κ3) is 2.33. The van der Waals surface area contributed by atoms with Crippen LogP contribution >= 0.6 is 11.3 Å². The SMILES string of the molecule is Cc1cc(C)c(-c2nc(C(C)O)sc2C)cc1C. The van der Waals surface area contributed by atoms with Gasteiger partial charge in [-0.15, -0.1) is 11.3 Å². The molecule has 0 radical (unpaired) electrons. The Bertz CT molecular complexity index is 584. The number of aromatic nitrogens is 1. The molecular weight excluding hydrogens is 242 g/mol. The number of rotatable bonds is 2. The summed E-state index contributed by atoms with van der Waals surface area (Å²) < 4.78 is 0. The highest BCUT2D eigenvalue weighted by Crippen LogP contribution is 2.33. The van der Waals surface area contributed by atoms with Gasteiger partial charge in [0.15, 0.2) is 0 Å². The van der Waals surface area contributed by atoms with Gasteiger partial charge in [-0.2, -0.15) is 0 Å². The molecule has 0 amide bonds. The van der Waals surface area contributed by atoms with Crippen molar-refractivity contribution in [2.45, 2.75) is 40.7 Å². The summed E-state index contributed by atoms with van der Waals surface area (Å²) in [7, 11) is 0. The first-order valence-electron chi connectivity index (χ1n) is 6.13. The number of aryl methyl sites for hydroxylation is 4. The molecule has 2 aromatic rings. The zero-order chi connectivity index (χ0) is 13.4. The van der Waals surface area contributed by atoms with E-state index in [2.05, 4.69) is 44.8 Å². The van der Waals surface area contributed by atoms with Gasteiger partial charge in [0.25, 0.3) is 0 Å². The zero-order valence-corrected chi connectivity index (χ0v) is 12.4. The standard InChI is InChI=1S/C15H19NOS/c1-8-6-10(3)13(7-9(8)2)14-12(5)18-15(16-14)11(4)17/h6-7,11,17H,1-5H3. The number of hydrogen-bond donors (Lipinski definition) is 1. The molecule has 2 nitrogen and oxygen atoms in total. The summed E-state index contributed by atoms with van der Waals surface area (Å²) in [4.78, 5) is 5.74. The molecule has 2 rings (SSSR count). The Morgan fingerprint density at radius 1 is 1.06 bits per heavy atom. The minimum absolute atomic E-state index is 0.491. The van der Waals surface area contributed by atoms with Gasteiger partial charge in [-0.05, 0) is 57.4 Å². The second-order valence-corrected chi connectivity index (χ2v) is 6.12. The van der Waals surface area contributed by atoms with Crippen molar-refractivity contribution in [1.82, 2.24) is 4.98 Å². The molecule has 0 fully saturated rings. The summed E-state index contributed by atoms with van der Waals surface area (Å²) in [5, 5.41) is 10.4. The van der Waals surface area contributed by atoms with Crippen LogP contribution in [0.1, 0.15) is 39.6 Å². The van der Waals surface area contributed by atoms with Crippen molar-refractivity contribution >= 4 is 11.3 Å². The Morgan fingerprint density at radius 3 is 2.22 bits per heavy atom. The maximum Gasteiger partial charge on any atom is 0.122 e. The van der Waals surface area contributed by atoms with Crippen LogP contribution in [0.3, 0.4) is 0 Å². The van der Waals surface area contributed by atoms with Crippen LogP contribution in [0.15, 0.2) is 12.1 Å². The van der Waals surface area contributed by atoms with Crippen LogP contribution < -0.4 is 0 Å². The average Bonchev–Trinajstić information content (AvgIpc) is 2.66. The van der Waals surface area contributed by atoms with Crippen LogP contribution in [-0.4, -0.2) is 10.1 Å². The molecular formula is C15H19NOS. The van der Waals surface area contributed by atoms with Crippen LogP contribution in [0.2, 0.25) is 0 Å². The maximum atomic E-state index is 9.62. The van der Waals surface area contributed by atoms with E-state index in [1.165, 1.54) is 22.3 Å². The van der Waals surface area contributed by atoms with Crippen LogP contribution in [-0.2, 0) is 0 Å². The van der Waals surface area contributed by atoms with E-state index in [9.17, 15) is 5.11 Å². The Labute approximate surface area is 112 Å². The zero-order valence-electron chi connectivity index (χ0n) is 11.5. The second-order valence-electron chi connectivity index (χ2n) is 4.88. The fourth-order valence-electron chi connectivity index (χ4n) is 2.06. The van der Waals surface area contributed by atoms with Crippen molar-refractivity contribution in [1.29, 1.82) is 0 Å². The largest absolute Gasteiger partial charge is 0.386 e. The number of thiazole rings is 1. The Kier molecular flexibility index (Phi) is 3.55. The van der Waals surface area contributed by atoms with Gasteiger partial charge in [0, 0.05) is 10.4 Å². The molecule has 3 heteroatoms. The van der Waals surface area contributed by atoms with E-state index >= 15 is 0 Å². The van der Waals surface area contributed by atoms with Gasteiger partial charge in [0.1, 0.15) is 11.1 Å². The summed E-state index contributed by atoms with van der Waals surface area (Å²) in [6, 6.07) is 4.39. The number of aliphatic hydroxyl groups is 1. The minimum Gasteiger partial charge on any atom is -0.386 e. The first kappa shape index (κ1) is 13.2. The van der Waals surface area contributed by atoms with Crippen molar-refractivity contribution in [3.8, 4) is 11.3 Å². The molecule has 1 heterocycles. The Morgan fingerprint density at radius 2 is 1.67 bits per heavy atom. The molecule has 1 aromatic carbocycles. The molecule has 1 unspecified atom stereocenters. The average molecular weight is 261 g/mol. The van der Waals surface area contributed by atoms with Gasteiger partial charge in [-0.1, -0.05) is 6.07 Å². The highest BCUT2D eigenvalue weighted by Gasteiger charge is 2.15. The second kappa shape index (κ2) is 4.82. The minimum atomic E-state index is -0.491. The molecule has 18 heavy (non-hydrogen) atoms. The summed E-state index contributed by atoms with van der Waals surface area (Å²) >= 11 is 1.57. The fraction of sp³-hybridized carbons (Fsp3) is 0.400. The van der Waals surface area contributed by atoms with Crippen molar-refractivity contribution in [2.75, 3.05) is 0 Å². The molecule has 1 atom stereocenters. The maximum absolute atomic E-state index is 9.62. The van der Waals surface area contributed by atoms with E-state index in [1.807, 2.05) is 0 Å². The number of aliphatic hydroxyl groups excluding tert-OH is 1. The Hall–Kier alpha value is -1.19. The van der Waals surface area contributed by atoms with Crippen molar-refractivity contribution in [2.24, 2.45) is 0 Å². The molecule has 96 valence electrons. The van der Waals surface area contributed by atoms with E-state index in [4.69, 9.17) is 0 Å². The number of nitrogens with zero attached hydrogens (tertiary/aromatic N) is 1. The van der Waals surface area contributed by atoms with E-state index in [1.54, 1.807) is 18.3 Å². The molecule has 0 spiro atoms. The molecule has 0 aliphatic heterocycles. The van der Waals surface area contributed by atoms with Crippen molar-refractivity contribution in [3.05, 3.63) is 38.7 Å². The normalized spacial score (nSPS) is 12.8. The molecule has 0 saturated heterocycles. The highest BCUT2D eigenvalue weighted by molar-refractivity contribution is 7.12. The van der Waals surface area contributed by atoms with E-state index in [-0.39, 0.29) is 0 Å². The lowest BCUT2D eigenvalue weighted by atomic mass is 9.98. The lowest BCUT2D eigenvalue weighted by Crippen LogP contribution is -1.92. The van der Waals surface area contributed by atoms with Crippen LogP contribution in [0.5, 0.6) is 0 Å². The molecule has 0 aliphatic rings. The van der Waals surface area contributed by atoms with E-state index in [0.29, 0.717) is 0 Å². The van der Waals surface area contributed by atoms with Gasteiger partial charge in [0.05, 0.1) is 5.69 Å². The predicted molar refractivity (Wildman–Crippen MR) is 77.1 cm³/mol. The van der Waals surface area contributed by atoms with Crippen molar-refractivity contribution < 1.29 is 5.11 Å². The number of benzene rings is 1. The first-order chi connectivity index (χ1) is 8.40. The van der Waals surface area contributed by atoms with Crippen LogP contribution in [0, 0.1) is 27.7 Å². The van der Waals surface area contributed by atoms with E-state index < -0.39 is 6.10 Å². The number of hydrogen-bond acceptors (Lipinski definition) is 3. The molecule has 0 saturated carbocycles. The molecule has 1 N–H and O–H groups in total. The summed E-state index contributed by atoms with van der Waals surface area (Å²) in [5.41, 5.74) is 6.01. The summed E-state index contributed by atoms with van der Waals surface area (Å²) in [6.45, 7) is 10.2. The quantitative estimate of drug-likeness (QED) is 0.883. The predicted octanol–water partition coefficient (Wildman–Crippen LogP) is 4.10. The topological polar surface area (TPSA) is 33.1 Å². The van der Waals surface area contributed by atoms with Gasteiger partial charge >= 0.3 is 0 Å². The monoisotopic (exact) mass is 261 g/mol. The van der Waals surface area contributed by atoms with E-state index in [0.717, 1.165) is 15.6 Å². The Balaban J connectivity index is 2.58. The van der Waals surface area contributed by atoms with Crippen LogP contribution in [0.4, 0.5) is 0 Å². The van der Waals surface area contributed by atoms with Crippen molar-refractivity contribution in [3.63, 3.8) is 0 Å². The first-order valence-corrected chi connectivity index (χ1v) is 6.95. The molecule has 0 bridgehead atoms. The highest BCUT2D eigenvalue weighted by atomic mass is 32.1. The van der Waals surface area contributed by atoms with Gasteiger partial charge in [-0.3, -0.25) is 0 Å². The molecule has 0 aliphatic carbocycles. The summed E-state index contributed by atoms with van der Waals surface area (Å²) in [6.07, 6.45) is -0.491. The van der Waals surface area contributed by atoms with Gasteiger partial charge in [0.2, 0.25) is 0 Å². The van der Waals surface area contributed by atoms with Gasteiger partial charge < -0.3 is 5.11 Å². The fourth-order valence-corrected chi connectivity index (χ4v) is 2.93. The van der Waals surface area contributed by atoms with Crippen LogP contribution in [0.25, 0.3) is 11.3 Å². The lowest BCUT2D eigenvalue weighted by molar-refractivity contribution is 0.199. The lowest BCUT2D eigenvalue weighted by Gasteiger charge is -2.08.